The molecule has 0 saturated carbocycles. The zero-order chi connectivity index (χ0) is 32.3. The van der Waals surface area contributed by atoms with Crippen molar-refractivity contribution >= 4 is 46.6 Å². The van der Waals surface area contributed by atoms with E-state index in [-0.39, 0.29) is 39.0 Å². The number of esters is 3. The van der Waals surface area contributed by atoms with Crippen LogP contribution < -0.4 is 5.73 Å². The lowest BCUT2D eigenvalue weighted by Crippen LogP contribution is -2.51. The van der Waals surface area contributed by atoms with E-state index in [4.69, 9.17) is 42.7 Å². The molecule has 0 amide bonds. The summed E-state index contributed by atoms with van der Waals surface area (Å²) in [6.45, 7) is -0.451. The Morgan fingerprint density at radius 2 is 1.46 bits per heavy atom. The zero-order valence-electron chi connectivity index (χ0n) is 23.9. The highest BCUT2D eigenvalue weighted by Crippen LogP contribution is 2.45. The largest absolute Gasteiger partial charge is 0.459 e. The predicted octanol–water partition coefficient (Wildman–Crippen LogP) is 4.27. The first kappa shape index (κ1) is 30.3. The summed E-state index contributed by atoms with van der Waals surface area (Å²) in [4.78, 5) is 52.5. The number of hydrogen-bond donors (Lipinski definition) is 1. The van der Waals surface area contributed by atoms with E-state index in [1.165, 1.54) is 23.0 Å². The Labute approximate surface area is 267 Å². The summed E-state index contributed by atoms with van der Waals surface area (Å²) < 4.78 is 25.4. The van der Waals surface area contributed by atoms with Gasteiger partial charge in [-0.15, -0.1) is 6.42 Å². The SMILES string of the molecule is C#C[C@@]1(OC(=O)c2ccccc2)[C@H](OC(=O)c2ccccc2)C(COC(=O)c2ccccc2)O[C@H]1n1cnc2c(Cl)nc(N)nc21. The third-order valence-corrected chi connectivity index (χ3v) is 7.47. The number of rotatable bonds is 8. The third kappa shape index (κ3) is 5.72. The first-order valence-corrected chi connectivity index (χ1v) is 14.2. The molecule has 1 saturated heterocycles. The van der Waals surface area contributed by atoms with Crippen molar-refractivity contribution in [1.82, 2.24) is 19.5 Å². The number of benzene rings is 3. The van der Waals surface area contributed by atoms with Crippen molar-refractivity contribution in [2.45, 2.75) is 24.0 Å². The lowest BCUT2D eigenvalue weighted by atomic mass is 9.93. The number of nitrogen functional groups attached to an aromatic ring is 1. The van der Waals surface area contributed by atoms with E-state index >= 15 is 0 Å². The van der Waals surface area contributed by atoms with Crippen LogP contribution in [0.3, 0.4) is 0 Å². The van der Waals surface area contributed by atoms with Crippen LogP contribution in [0.5, 0.6) is 0 Å². The van der Waals surface area contributed by atoms with Crippen molar-refractivity contribution in [2.75, 3.05) is 12.3 Å². The summed E-state index contributed by atoms with van der Waals surface area (Å²) >= 11 is 6.29. The number of terminal acetylenes is 1. The fourth-order valence-corrected chi connectivity index (χ4v) is 5.26. The fourth-order valence-electron chi connectivity index (χ4n) is 5.04. The maximum atomic E-state index is 13.6. The Morgan fingerprint density at radius 3 is 2.04 bits per heavy atom. The van der Waals surface area contributed by atoms with Gasteiger partial charge in [0.25, 0.3) is 5.60 Å². The molecular formula is C33H24ClN5O7. The Bertz CT molecular complexity index is 1950. The molecule has 0 radical (unpaired) electrons. The summed E-state index contributed by atoms with van der Waals surface area (Å²) in [6.07, 6.45) is 3.28. The smallest absolute Gasteiger partial charge is 0.339 e. The Hall–Kier alpha value is -5.77. The van der Waals surface area contributed by atoms with Gasteiger partial charge < -0.3 is 24.7 Å². The van der Waals surface area contributed by atoms with E-state index in [1.807, 2.05) is 0 Å². The van der Waals surface area contributed by atoms with Gasteiger partial charge in [0.05, 0.1) is 23.0 Å². The van der Waals surface area contributed by atoms with Gasteiger partial charge in [-0.1, -0.05) is 66.2 Å². The molecule has 1 aliphatic heterocycles. The van der Waals surface area contributed by atoms with Crippen molar-refractivity contribution < 1.29 is 33.3 Å². The molecule has 12 nitrogen and oxygen atoms in total. The van der Waals surface area contributed by atoms with Gasteiger partial charge in [-0.2, -0.15) is 9.97 Å². The molecule has 0 aliphatic carbocycles. The quantitative estimate of drug-likeness (QED) is 0.112. The van der Waals surface area contributed by atoms with Crippen LogP contribution in [-0.2, 0) is 18.9 Å². The molecule has 230 valence electrons. The topological polar surface area (TPSA) is 158 Å². The normalized spacial score (nSPS) is 20.5. The van der Waals surface area contributed by atoms with E-state index in [1.54, 1.807) is 78.9 Å². The van der Waals surface area contributed by atoms with Gasteiger partial charge >= 0.3 is 17.9 Å². The van der Waals surface area contributed by atoms with E-state index in [0.717, 1.165) is 0 Å². The summed E-state index contributed by atoms with van der Waals surface area (Å²) in [5.41, 5.74) is 4.58. The molecule has 13 heteroatoms. The highest BCUT2D eigenvalue weighted by Gasteiger charge is 2.63. The van der Waals surface area contributed by atoms with Gasteiger partial charge in [-0.3, -0.25) is 4.57 Å². The molecule has 2 N–H and O–H groups in total. The van der Waals surface area contributed by atoms with Gasteiger partial charge in [-0.05, 0) is 42.3 Å². The van der Waals surface area contributed by atoms with E-state index < -0.39 is 48.6 Å². The second-order valence-corrected chi connectivity index (χ2v) is 10.4. The van der Waals surface area contributed by atoms with Crippen LogP contribution >= 0.6 is 11.6 Å². The van der Waals surface area contributed by atoms with E-state index in [9.17, 15) is 14.4 Å². The third-order valence-electron chi connectivity index (χ3n) is 7.21. The highest BCUT2D eigenvalue weighted by atomic mass is 35.5. The van der Waals surface area contributed by atoms with Gasteiger partial charge in [0.2, 0.25) is 5.95 Å². The van der Waals surface area contributed by atoms with Crippen molar-refractivity contribution in [3.05, 3.63) is 119 Å². The molecule has 3 heterocycles. The van der Waals surface area contributed by atoms with Crippen molar-refractivity contribution in [2.24, 2.45) is 0 Å². The maximum Gasteiger partial charge on any atom is 0.339 e. The minimum atomic E-state index is -2.17. The van der Waals surface area contributed by atoms with E-state index in [2.05, 4.69) is 20.9 Å². The molecule has 0 spiro atoms. The highest BCUT2D eigenvalue weighted by molar-refractivity contribution is 6.33. The average molecular weight is 638 g/mol. The van der Waals surface area contributed by atoms with Crippen LogP contribution in [0.15, 0.2) is 97.3 Å². The lowest BCUT2D eigenvalue weighted by Gasteiger charge is -2.33. The molecule has 1 unspecified atom stereocenters. The number of nitrogens with two attached hydrogens (primary N) is 1. The molecule has 5 aromatic rings. The summed E-state index contributed by atoms with van der Waals surface area (Å²) in [7, 11) is 0. The molecule has 4 atom stereocenters. The van der Waals surface area contributed by atoms with E-state index in [0.29, 0.717) is 0 Å². The monoisotopic (exact) mass is 637 g/mol. The molecule has 6 rings (SSSR count). The number of aromatic nitrogens is 4. The van der Waals surface area contributed by atoms with Crippen LogP contribution in [0, 0.1) is 12.3 Å². The maximum absolute atomic E-state index is 13.6. The van der Waals surface area contributed by atoms with Crippen LogP contribution in [-0.4, -0.2) is 61.8 Å². The molecule has 1 fully saturated rings. The number of carbonyl (C=O) groups is 3. The molecule has 3 aromatic carbocycles. The number of halogens is 1. The number of nitrogens with zero attached hydrogens (tertiary/aromatic N) is 4. The standard InChI is InChI=1S/C33H24ClN5O7/c1-2-33(46-30(42)22-16-10-5-11-17-22)25(45-29(41)21-14-8-4-9-15-21)23(18-43-28(40)20-12-6-3-7-13-20)44-31(33)39-19-36-24-26(34)37-32(35)38-27(24)39/h1,3-17,19,23,25,31H,18H2,(H2,35,37,38)/t23?,25-,31-,33-/m1/s1. The molecule has 1 aliphatic rings. The Kier molecular flexibility index (Phi) is 8.35. The molecular weight excluding hydrogens is 614 g/mol. The number of hydrogen-bond acceptors (Lipinski definition) is 11. The number of imidazole rings is 1. The average Bonchev–Trinajstić information content (AvgIpc) is 3.63. The van der Waals surface area contributed by atoms with Gasteiger partial charge in [0.1, 0.15) is 18.2 Å². The number of ether oxygens (including phenoxy) is 4. The van der Waals surface area contributed by atoms with Crippen molar-refractivity contribution in [3.8, 4) is 12.3 Å². The van der Waals surface area contributed by atoms with Crippen molar-refractivity contribution in [1.29, 1.82) is 0 Å². The fraction of sp³-hybridized carbons (Fsp3) is 0.152. The predicted molar refractivity (Wildman–Crippen MR) is 164 cm³/mol. The summed E-state index contributed by atoms with van der Waals surface area (Å²) in [6, 6.07) is 24.4. The Morgan fingerprint density at radius 1 is 0.891 bits per heavy atom. The number of fused-ring (bicyclic) bond motifs is 1. The molecule has 2 aromatic heterocycles. The molecule has 46 heavy (non-hydrogen) atoms. The van der Waals surface area contributed by atoms with Crippen LogP contribution in [0.25, 0.3) is 11.2 Å². The number of carbonyl (C=O) groups excluding carboxylic acids is 3. The zero-order valence-corrected chi connectivity index (χ0v) is 24.6. The van der Waals surface area contributed by atoms with Crippen LogP contribution in [0.2, 0.25) is 5.15 Å². The lowest BCUT2D eigenvalue weighted by molar-refractivity contribution is -0.0865. The minimum Gasteiger partial charge on any atom is -0.459 e. The van der Waals surface area contributed by atoms with Gasteiger partial charge in [-0.25, -0.2) is 19.4 Å². The van der Waals surface area contributed by atoms with Crippen LogP contribution in [0.1, 0.15) is 37.3 Å². The summed E-state index contributed by atoms with van der Waals surface area (Å²) in [5, 5.41) is -0.0489. The summed E-state index contributed by atoms with van der Waals surface area (Å²) in [5.74, 6) is 0.0386. The van der Waals surface area contributed by atoms with Crippen LogP contribution in [0.4, 0.5) is 5.95 Å². The molecule has 0 bridgehead atoms. The van der Waals surface area contributed by atoms with Gasteiger partial charge in [0.15, 0.2) is 23.1 Å². The first-order valence-electron chi connectivity index (χ1n) is 13.9. The number of anilines is 1. The minimum absolute atomic E-state index is 0.0489. The van der Waals surface area contributed by atoms with Crippen molar-refractivity contribution in [3.63, 3.8) is 0 Å². The second kappa shape index (κ2) is 12.7. The second-order valence-electron chi connectivity index (χ2n) is 10.1. The first-order chi connectivity index (χ1) is 22.3. The Balaban J connectivity index is 1.46. The van der Waals surface area contributed by atoms with Gasteiger partial charge in [0, 0.05) is 0 Å².